The summed E-state index contributed by atoms with van der Waals surface area (Å²) in [7, 11) is 0. The second kappa shape index (κ2) is 11.4. The van der Waals surface area contributed by atoms with Crippen molar-refractivity contribution in [1.29, 1.82) is 0 Å². The van der Waals surface area contributed by atoms with E-state index in [1.165, 1.54) is 19.3 Å². The molecule has 2 atom stereocenters. The maximum absolute atomic E-state index is 13.2. The monoisotopic (exact) mass is 463 g/mol. The number of rotatable bonds is 8. The normalized spacial score (nSPS) is 20.2. The van der Waals surface area contributed by atoms with Gasteiger partial charge in [-0.25, -0.2) is 0 Å². The Kier molecular flexibility index (Phi) is 8.08. The number of hydrogen-bond donors (Lipinski definition) is 2. The lowest BCUT2D eigenvalue weighted by molar-refractivity contribution is -0.146. The smallest absolute Gasteiger partial charge is 0.306 e. The van der Waals surface area contributed by atoms with E-state index in [9.17, 15) is 9.59 Å². The van der Waals surface area contributed by atoms with Crippen LogP contribution < -0.4 is 5.73 Å². The first-order chi connectivity index (χ1) is 16.5. The van der Waals surface area contributed by atoms with Gasteiger partial charge in [-0.2, -0.15) is 5.10 Å². The van der Waals surface area contributed by atoms with E-state index >= 15 is 0 Å². The van der Waals surface area contributed by atoms with Crippen LogP contribution in [0.5, 0.6) is 0 Å². The number of aryl methyl sites for hydroxylation is 1. The second-order valence-corrected chi connectivity index (χ2v) is 9.10. The molecule has 1 heterocycles. The van der Waals surface area contributed by atoms with E-state index in [-0.39, 0.29) is 43.3 Å². The molecule has 2 aliphatic rings. The van der Waals surface area contributed by atoms with Gasteiger partial charge in [-0.15, -0.1) is 0 Å². The van der Waals surface area contributed by atoms with Gasteiger partial charge in [-0.3, -0.25) is 14.6 Å². The first-order valence-corrected chi connectivity index (χ1v) is 12.1. The van der Waals surface area contributed by atoms with Crippen molar-refractivity contribution in [2.24, 2.45) is 16.8 Å². The van der Waals surface area contributed by atoms with Gasteiger partial charge in [0.05, 0.1) is 19.2 Å². The van der Waals surface area contributed by atoms with Crippen molar-refractivity contribution in [3.05, 3.63) is 70.3 Å². The fourth-order valence-electron chi connectivity index (χ4n) is 4.74. The summed E-state index contributed by atoms with van der Waals surface area (Å²) in [6.07, 6.45) is 7.29. The third-order valence-electron chi connectivity index (χ3n) is 6.72. The molecule has 1 aliphatic carbocycles. The lowest BCUT2D eigenvalue weighted by atomic mass is 9.77. The molecule has 0 amide bonds. The van der Waals surface area contributed by atoms with Gasteiger partial charge >= 0.3 is 5.97 Å². The van der Waals surface area contributed by atoms with Gasteiger partial charge in [-0.1, -0.05) is 36.4 Å². The van der Waals surface area contributed by atoms with E-state index in [1.54, 1.807) is 0 Å². The molecule has 4 rings (SSSR count). The molecular weight excluding hydrogens is 430 g/mol. The number of aliphatic hydroxyl groups excluding tert-OH is 1. The zero-order valence-corrected chi connectivity index (χ0v) is 19.5. The van der Waals surface area contributed by atoms with Gasteiger partial charge in [0.2, 0.25) is 0 Å². The van der Waals surface area contributed by atoms with Crippen LogP contribution in [0.2, 0.25) is 0 Å². The third kappa shape index (κ3) is 5.90. The molecule has 34 heavy (non-hydrogen) atoms. The lowest BCUT2D eigenvalue weighted by Gasteiger charge is -2.31. The number of nitrogens with zero attached hydrogens (tertiary/aromatic N) is 2. The van der Waals surface area contributed by atoms with Crippen LogP contribution in [-0.2, 0) is 16.0 Å². The van der Waals surface area contributed by atoms with E-state index in [0.717, 1.165) is 42.6 Å². The van der Waals surface area contributed by atoms with Crippen LogP contribution in [0.25, 0.3) is 0 Å². The summed E-state index contributed by atoms with van der Waals surface area (Å²) >= 11 is 0. The van der Waals surface area contributed by atoms with Crippen molar-refractivity contribution in [3.63, 3.8) is 0 Å². The quantitative estimate of drug-likeness (QED) is 0.354. The molecule has 0 aromatic heterocycles. The van der Waals surface area contributed by atoms with Gasteiger partial charge in [0.15, 0.2) is 5.78 Å². The number of esters is 1. The van der Waals surface area contributed by atoms with Crippen LogP contribution >= 0.6 is 0 Å². The predicted molar refractivity (Wildman–Crippen MR) is 131 cm³/mol. The number of hydrazone groups is 1. The molecule has 7 heteroatoms. The predicted octanol–water partition coefficient (Wildman–Crippen LogP) is 3.23. The molecule has 2 unspecified atom stereocenters. The first-order valence-electron chi connectivity index (χ1n) is 12.1. The molecule has 1 fully saturated rings. The number of fused-ring (bicyclic) bond motifs is 1. The number of ether oxygens (including phenoxy) is 1. The Balaban J connectivity index is 1.43. The third-order valence-corrected chi connectivity index (χ3v) is 6.72. The fraction of sp³-hybridized carbons (Fsp3) is 0.444. The maximum Gasteiger partial charge on any atom is 0.306 e. The van der Waals surface area contributed by atoms with Crippen molar-refractivity contribution in [1.82, 2.24) is 5.01 Å². The summed E-state index contributed by atoms with van der Waals surface area (Å²) in [6, 6.07) is 12.9. The van der Waals surface area contributed by atoms with E-state index < -0.39 is 0 Å². The minimum absolute atomic E-state index is 0.00106. The van der Waals surface area contributed by atoms with Crippen LogP contribution in [0.4, 0.5) is 0 Å². The second-order valence-electron chi connectivity index (χ2n) is 9.10. The number of carbonyl (C=O) groups excluding carboxylic acids is 2. The number of ketones is 1. The highest BCUT2D eigenvalue weighted by Gasteiger charge is 2.29. The molecule has 2 aromatic rings. The van der Waals surface area contributed by atoms with E-state index in [1.807, 2.05) is 48.7 Å². The Labute approximate surface area is 200 Å². The Bertz CT molecular complexity index is 1030. The standard InChI is InChI=1S/C27H33N3O4/c28-26-22(17-25(32)34-15-14-31)10-8-20-9-11-23(16-24(20)26)27(33)21-6-4-19(5-7-21)18-29-30-12-2-1-3-13-30/h4-7,9,11,16,18,22,26,31H,1-3,8,10,12-15,17,28H2. The average molecular weight is 464 g/mol. The molecule has 1 saturated heterocycles. The maximum atomic E-state index is 13.2. The van der Waals surface area contributed by atoms with Gasteiger partial charge in [0, 0.05) is 30.3 Å². The molecule has 0 spiro atoms. The number of carbonyl (C=O) groups is 2. The Morgan fingerprint density at radius 3 is 2.56 bits per heavy atom. The van der Waals surface area contributed by atoms with Crippen molar-refractivity contribution >= 4 is 18.0 Å². The Morgan fingerprint density at radius 1 is 1.09 bits per heavy atom. The SMILES string of the molecule is NC1c2cc(C(=O)c3ccc(C=NN4CCCCC4)cc3)ccc2CCC1CC(=O)OCCO. The molecule has 1 aliphatic heterocycles. The highest BCUT2D eigenvalue weighted by atomic mass is 16.5. The van der Waals surface area contributed by atoms with E-state index in [2.05, 4.69) is 10.1 Å². The fourth-order valence-corrected chi connectivity index (χ4v) is 4.74. The molecule has 7 nitrogen and oxygen atoms in total. The highest BCUT2D eigenvalue weighted by molar-refractivity contribution is 6.09. The topological polar surface area (TPSA) is 105 Å². The number of hydrogen-bond acceptors (Lipinski definition) is 7. The van der Waals surface area contributed by atoms with Gasteiger partial charge in [0.1, 0.15) is 6.61 Å². The zero-order valence-electron chi connectivity index (χ0n) is 19.5. The number of aliphatic hydroxyl groups is 1. The minimum Gasteiger partial charge on any atom is -0.463 e. The van der Waals surface area contributed by atoms with Crippen molar-refractivity contribution in [3.8, 4) is 0 Å². The molecule has 0 radical (unpaired) electrons. The average Bonchev–Trinajstić information content (AvgIpc) is 2.88. The van der Waals surface area contributed by atoms with Crippen LogP contribution in [0.1, 0.15) is 70.8 Å². The summed E-state index contributed by atoms with van der Waals surface area (Å²) in [5, 5.41) is 15.5. The van der Waals surface area contributed by atoms with Crippen molar-refractivity contribution in [2.45, 2.75) is 44.6 Å². The molecule has 0 bridgehead atoms. The molecule has 0 saturated carbocycles. The van der Waals surface area contributed by atoms with Gasteiger partial charge in [-0.05, 0) is 60.8 Å². The first kappa shape index (κ1) is 24.1. The summed E-state index contributed by atoms with van der Waals surface area (Å²) in [6.45, 7) is 1.80. The zero-order chi connectivity index (χ0) is 23.9. The Hall–Kier alpha value is -3.03. The molecular formula is C27H33N3O4. The van der Waals surface area contributed by atoms with Crippen LogP contribution in [0, 0.1) is 5.92 Å². The molecule has 2 aromatic carbocycles. The van der Waals surface area contributed by atoms with Gasteiger partial charge < -0.3 is 15.6 Å². The number of nitrogens with two attached hydrogens (primary N) is 1. The summed E-state index contributed by atoms with van der Waals surface area (Å²) in [5.41, 5.74) is 10.7. The van der Waals surface area contributed by atoms with Crippen LogP contribution in [0.15, 0.2) is 47.6 Å². The number of benzene rings is 2. The highest BCUT2D eigenvalue weighted by Crippen LogP contribution is 2.35. The van der Waals surface area contributed by atoms with E-state index in [4.69, 9.17) is 15.6 Å². The summed E-state index contributed by atoms with van der Waals surface area (Å²) in [5.74, 6) is -0.462. The summed E-state index contributed by atoms with van der Waals surface area (Å²) < 4.78 is 5.00. The largest absolute Gasteiger partial charge is 0.463 e. The number of piperidine rings is 1. The molecule has 180 valence electrons. The van der Waals surface area contributed by atoms with Crippen molar-refractivity contribution in [2.75, 3.05) is 26.3 Å². The van der Waals surface area contributed by atoms with Crippen LogP contribution in [0.3, 0.4) is 0 Å². The van der Waals surface area contributed by atoms with Crippen LogP contribution in [-0.4, -0.2) is 54.4 Å². The van der Waals surface area contributed by atoms with Gasteiger partial charge in [0.25, 0.3) is 0 Å². The Morgan fingerprint density at radius 2 is 1.82 bits per heavy atom. The lowest BCUT2D eigenvalue weighted by Crippen LogP contribution is -2.30. The van der Waals surface area contributed by atoms with E-state index in [0.29, 0.717) is 11.1 Å². The van der Waals surface area contributed by atoms with Crippen molar-refractivity contribution < 1.29 is 19.4 Å². The summed E-state index contributed by atoms with van der Waals surface area (Å²) in [4.78, 5) is 25.1. The molecule has 3 N–H and O–H groups in total. The minimum atomic E-state index is -0.353.